The first-order valence-corrected chi connectivity index (χ1v) is 12.1. The summed E-state index contributed by atoms with van der Waals surface area (Å²) in [6, 6.07) is 17.0. The number of rotatable bonds is 8. The molecule has 0 radical (unpaired) electrons. The van der Waals surface area contributed by atoms with Crippen LogP contribution < -0.4 is 14.8 Å². The van der Waals surface area contributed by atoms with Gasteiger partial charge in [-0.1, -0.05) is 53.9 Å². The minimum atomic E-state index is -3.89. The summed E-state index contributed by atoms with van der Waals surface area (Å²) in [7, 11) is -3.89. The zero-order chi connectivity index (χ0) is 23.3. The van der Waals surface area contributed by atoms with E-state index in [2.05, 4.69) is 10.0 Å². The number of carbonyl (C=O) groups excluding carboxylic acids is 1. The predicted octanol–water partition coefficient (Wildman–Crippen LogP) is 6.24. The van der Waals surface area contributed by atoms with Crippen molar-refractivity contribution >= 4 is 62.1 Å². The van der Waals surface area contributed by atoms with Gasteiger partial charge in [0.15, 0.2) is 6.10 Å². The van der Waals surface area contributed by atoms with Gasteiger partial charge in [0.25, 0.3) is 15.9 Å². The topological polar surface area (TPSA) is 84.5 Å². The molecule has 1 amide bonds. The maximum atomic E-state index is 12.6. The number of amides is 1. The van der Waals surface area contributed by atoms with Crippen molar-refractivity contribution < 1.29 is 17.9 Å². The fourth-order valence-corrected chi connectivity index (χ4v) is 4.50. The quantitative estimate of drug-likeness (QED) is 0.373. The first kappa shape index (κ1) is 24.2. The summed E-state index contributed by atoms with van der Waals surface area (Å²) in [5.41, 5.74) is 0.621. The second-order valence-corrected chi connectivity index (χ2v) is 9.62. The van der Waals surface area contributed by atoms with Gasteiger partial charge in [-0.2, -0.15) is 0 Å². The number of carbonyl (C=O) groups is 1. The first-order valence-electron chi connectivity index (χ1n) is 9.49. The fraction of sp³-hybridized carbons (Fsp3) is 0.136. The van der Waals surface area contributed by atoms with Gasteiger partial charge < -0.3 is 10.1 Å². The molecule has 2 N–H and O–H groups in total. The minimum Gasteiger partial charge on any atom is -0.479 e. The molecule has 0 bridgehead atoms. The van der Waals surface area contributed by atoms with Gasteiger partial charge in [-0.05, 0) is 61.0 Å². The van der Waals surface area contributed by atoms with E-state index in [0.717, 1.165) is 0 Å². The number of hydrogen-bond acceptors (Lipinski definition) is 4. The van der Waals surface area contributed by atoms with E-state index in [1.54, 1.807) is 24.3 Å². The Bertz CT molecular complexity index is 1220. The molecule has 10 heteroatoms. The van der Waals surface area contributed by atoms with Gasteiger partial charge in [-0.15, -0.1) is 0 Å². The molecule has 0 unspecified atom stereocenters. The molecular weight excluding hydrogens is 495 g/mol. The smallest absolute Gasteiger partial charge is 0.265 e. The lowest BCUT2D eigenvalue weighted by Gasteiger charge is -2.18. The van der Waals surface area contributed by atoms with Gasteiger partial charge in [-0.25, -0.2) is 8.42 Å². The highest BCUT2D eigenvalue weighted by molar-refractivity contribution is 7.92. The normalized spacial score (nSPS) is 12.1. The molecule has 1 atom stereocenters. The van der Waals surface area contributed by atoms with E-state index >= 15 is 0 Å². The van der Waals surface area contributed by atoms with Gasteiger partial charge in [0.05, 0.1) is 20.6 Å². The van der Waals surface area contributed by atoms with Gasteiger partial charge in [0, 0.05) is 10.7 Å². The standard InChI is InChI=1S/C22H19Cl3N2O4S/c1-2-20(31-21-6-4-3-5-17(21)24)22(28)26-15-8-10-16(11-9-15)32(29,30)27-19-12-7-14(23)13-18(19)25/h3-13,20,27H,2H2,1H3,(H,26,28)/t20-/m0/s1. The summed E-state index contributed by atoms with van der Waals surface area (Å²) in [4.78, 5) is 12.6. The van der Waals surface area contributed by atoms with Gasteiger partial charge in [0.1, 0.15) is 5.75 Å². The van der Waals surface area contributed by atoms with Crippen molar-refractivity contribution in [1.82, 2.24) is 0 Å². The van der Waals surface area contributed by atoms with Crippen LogP contribution >= 0.6 is 34.8 Å². The summed E-state index contributed by atoms with van der Waals surface area (Å²) >= 11 is 18.0. The molecule has 3 aromatic carbocycles. The van der Waals surface area contributed by atoms with Crippen molar-refractivity contribution in [2.45, 2.75) is 24.3 Å². The van der Waals surface area contributed by atoms with Crippen LogP contribution in [0.3, 0.4) is 0 Å². The number of hydrogen-bond donors (Lipinski definition) is 2. The lowest BCUT2D eigenvalue weighted by Crippen LogP contribution is -2.32. The Morgan fingerprint density at radius 3 is 2.28 bits per heavy atom. The van der Waals surface area contributed by atoms with E-state index in [0.29, 0.717) is 27.9 Å². The highest BCUT2D eigenvalue weighted by Crippen LogP contribution is 2.28. The summed E-state index contributed by atoms with van der Waals surface area (Å²) in [5.74, 6) is 0.0265. The summed E-state index contributed by atoms with van der Waals surface area (Å²) in [6.45, 7) is 1.81. The van der Waals surface area contributed by atoms with Crippen LogP contribution in [0.5, 0.6) is 5.75 Å². The predicted molar refractivity (Wildman–Crippen MR) is 129 cm³/mol. The molecule has 3 rings (SSSR count). The van der Waals surface area contributed by atoms with Gasteiger partial charge in [-0.3, -0.25) is 9.52 Å². The molecule has 6 nitrogen and oxygen atoms in total. The summed E-state index contributed by atoms with van der Waals surface area (Å²) < 4.78 is 33.4. The highest BCUT2D eigenvalue weighted by atomic mass is 35.5. The van der Waals surface area contributed by atoms with Crippen molar-refractivity contribution in [2.75, 3.05) is 10.0 Å². The molecule has 168 valence electrons. The average Bonchev–Trinajstić information content (AvgIpc) is 2.75. The Hall–Kier alpha value is -2.45. The van der Waals surface area contributed by atoms with Crippen molar-refractivity contribution in [3.05, 3.63) is 81.8 Å². The molecule has 0 aliphatic rings. The largest absolute Gasteiger partial charge is 0.479 e. The van der Waals surface area contributed by atoms with Crippen molar-refractivity contribution in [2.24, 2.45) is 0 Å². The molecular formula is C22H19Cl3N2O4S. The van der Waals surface area contributed by atoms with Crippen LogP contribution in [0.2, 0.25) is 15.1 Å². The second kappa shape index (κ2) is 10.4. The molecule has 0 fully saturated rings. The number of benzene rings is 3. The Morgan fingerprint density at radius 2 is 1.66 bits per heavy atom. The molecule has 0 saturated heterocycles. The molecule has 0 spiro atoms. The summed E-state index contributed by atoms with van der Waals surface area (Å²) in [5, 5.41) is 3.69. The van der Waals surface area contributed by atoms with E-state index in [1.165, 1.54) is 42.5 Å². The molecule has 0 aromatic heterocycles. The Balaban J connectivity index is 1.69. The van der Waals surface area contributed by atoms with Gasteiger partial charge >= 0.3 is 0 Å². The molecule has 0 saturated carbocycles. The lowest BCUT2D eigenvalue weighted by molar-refractivity contribution is -0.122. The minimum absolute atomic E-state index is 0.000810. The van der Waals surface area contributed by atoms with Crippen molar-refractivity contribution in [3.8, 4) is 5.75 Å². The molecule has 32 heavy (non-hydrogen) atoms. The molecule has 0 heterocycles. The second-order valence-electron chi connectivity index (χ2n) is 6.69. The van der Waals surface area contributed by atoms with Crippen LogP contribution in [0, 0.1) is 0 Å². The monoisotopic (exact) mass is 512 g/mol. The third kappa shape index (κ3) is 6.07. The van der Waals surface area contributed by atoms with E-state index in [-0.39, 0.29) is 21.5 Å². The van der Waals surface area contributed by atoms with Crippen molar-refractivity contribution in [3.63, 3.8) is 0 Å². The van der Waals surface area contributed by atoms with Crippen LogP contribution in [-0.2, 0) is 14.8 Å². The van der Waals surface area contributed by atoms with Crippen LogP contribution in [-0.4, -0.2) is 20.4 Å². The van der Waals surface area contributed by atoms with Crippen LogP contribution in [0.25, 0.3) is 0 Å². The molecule has 0 aliphatic carbocycles. The lowest BCUT2D eigenvalue weighted by atomic mass is 10.2. The zero-order valence-electron chi connectivity index (χ0n) is 16.8. The molecule has 3 aromatic rings. The number of sulfonamides is 1. The fourth-order valence-electron chi connectivity index (χ4n) is 2.73. The third-order valence-electron chi connectivity index (χ3n) is 4.38. The van der Waals surface area contributed by atoms with Gasteiger partial charge in [0.2, 0.25) is 0 Å². The van der Waals surface area contributed by atoms with Crippen molar-refractivity contribution in [1.29, 1.82) is 0 Å². The Labute approximate surface area is 201 Å². The SMILES string of the molecule is CC[C@H](Oc1ccccc1Cl)C(=O)Nc1ccc(S(=O)(=O)Nc2ccc(Cl)cc2Cl)cc1. The van der Waals surface area contributed by atoms with Crippen LogP contribution in [0.4, 0.5) is 11.4 Å². The number of ether oxygens (including phenoxy) is 1. The summed E-state index contributed by atoms with van der Waals surface area (Å²) in [6.07, 6.45) is -0.359. The first-order chi connectivity index (χ1) is 15.2. The Kier molecular flexibility index (Phi) is 7.90. The van der Waals surface area contributed by atoms with E-state index < -0.39 is 16.1 Å². The maximum Gasteiger partial charge on any atom is 0.265 e. The highest BCUT2D eigenvalue weighted by Gasteiger charge is 2.20. The number of para-hydroxylation sites is 1. The average molecular weight is 514 g/mol. The van der Waals surface area contributed by atoms with E-state index in [4.69, 9.17) is 39.5 Å². The maximum absolute atomic E-state index is 12.6. The third-order valence-corrected chi connectivity index (χ3v) is 6.62. The van der Waals surface area contributed by atoms with E-state index in [1.807, 2.05) is 6.92 Å². The van der Waals surface area contributed by atoms with Crippen LogP contribution in [0.15, 0.2) is 71.6 Å². The zero-order valence-corrected chi connectivity index (χ0v) is 19.9. The molecule has 0 aliphatic heterocycles. The number of nitrogens with one attached hydrogen (secondary N) is 2. The number of anilines is 2. The Morgan fingerprint density at radius 1 is 0.969 bits per heavy atom. The number of halogens is 3. The van der Waals surface area contributed by atoms with Crippen LogP contribution in [0.1, 0.15) is 13.3 Å². The van der Waals surface area contributed by atoms with E-state index in [9.17, 15) is 13.2 Å².